The molecule has 1 aromatic carbocycles. The van der Waals surface area contributed by atoms with Gasteiger partial charge in [0.15, 0.2) is 0 Å². The van der Waals surface area contributed by atoms with Gasteiger partial charge in [-0.1, -0.05) is 37.3 Å². The molecule has 2 unspecified atom stereocenters. The zero-order valence-corrected chi connectivity index (χ0v) is 18.9. The van der Waals surface area contributed by atoms with E-state index in [1.165, 1.54) is 10.4 Å². The highest BCUT2D eigenvalue weighted by molar-refractivity contribution is 7.10. The molecular weight excluding hydrogens is 410 g/mol. The van der Waals surface area contributed by atoms with Crippen LogP contribution in [0.3, 0.4) is 0 Å². The fourth-order valence-corrected chi connectivity index (χ4v) is 5.48. The molecule has 31 heavy (non-hydrogen) atoms. The van der Waals surface area contributed by atoms with E-state index in [4.69, 9.17) is 0 Å². The minimum absolute atomic E-state index is 0.00598. The van der Waals surface area contributed by atoms with Gasteiger partial charge in [-0.2, -0.15) is 0 Å². The molecule has 2 aliphatic heterocycles. The molecule has 2 atom stereocenters. The summed E-state index contributed by atoms with van der Waals surface area (Å²) in [5.74, 6) is -0.319. The molecule has 164 valence electrons. The van der Waals surface area contributed by atoms with Gasteiger partial charge < -0.3 is 14.7 Å². The van der Waals surface area contributed by atoms with Gasteiger partial charge in [-0.05, 0) is 29.0 Å². The fourth-order valence-electron chi connectivity index (χ4n) is 4.58. The first kappa shape index (κ1) is 21.6. The van der Waals surface area contributed by atoms with Crippen molar-refractivity contribution in [3.63, 3.8) is 0 Å². The zero-order chi connectivity index (χ0) is 22.0. The summed E-state index contributed by atoms with van der Waals surface area (Å²) < 4.78 is 0. The lowest BCUT2D eigenvalue weighted by molar-refractivity contribution is -0.144. The Labute approximate surface area is 187 Å². The third-order valence-electron chi connectivity index (χ3n) is 6.34. The van der Waals surface area contributed by atoms with Crippen molar-refractivity contribution in [2.24, 2.45) is 5.92 Å². The molecule has 0 aliphatic carbocycles. The van der Waals surface area contributed by atoms with Crippen molar-refractivity contribution >= 4 is 29.1 Å². The largest absolute Gasteiger partial charge is 0.339 e. The molecule has 1 fully saturated rings. The molecule has 6 nitrogen and oxygen atoms in total. The highest BCUT2D eigenvalue weighted by atomic mass is 32.1. The Bertz CT molecular complexity index is 950. The standard InChI is InChI=1S/C24H29N3O3S/c1-17(16-22(29)26-13-11-25(12-14-26)18(2)28)24(30)27-10-8-21-20(9-15-31-21)23(27)19-6-4-3-5-7-19/h3-7,9,15,17,23H,8,10-14,16H2,1-2H3. The number of piperazine rings is 1. The van der Waals surface area contributed by atoms with Crippen LogP contribution in [0.25, 0.3) is 0 Å². The maximum absolute atomic E-state index is 13.5. The van der Waals surface area contributed by atoms with E-state index < -0.39 is 0 Å². The van der Waals surface area contributed by atoms with Gasteiger partial charge in [0.1, 0.15) is 0 Å². The van der Waals surface area contributed by atoms with Crippen molar-refractivity contribution in [1.29, 1.82) is 0 Å². The first-order valence-electron chi connectivity index (χ1n) is 10.9. The Kier molecular flexibility index (Phi) is 6.41. The zero-order valence-electron chi connectivity index (χ0n) is 18.1. The SMILES string of the molecule is CC(=O)N1CCN(C(=O)CC(C)C(=O)N2CCc3sccc3C2c2ccccc2)CC1. The summed E-state index contributed by atoms with van der Waals surface area (Å²) >= 11 is 1.75. The number of amides is 3. The number of thiophene rings is 1. The predicted molar refractivity (Wildman–Crippen MR) is 121 cm³/mol. The summed E-state index contributed by atoms with van der Waals surface area (Å²) in [6, 6.07) is 12.2. The molecule has 1 aromatic heterocycles. The average molecular weight is 440 g/mol. The van der Waals surface area contributed by atoms with Crippen LogP contribution in [-0.4, -0.2) is 65.1 Å². The van der Waals surface area contributed by atoms with E-state index >= 15 is 0 Å². The summed E-state index contributed by atoms with van der Waals surface area (Å²) in [5.41, 5.74) is 2.31. The summed E-state index contributed by atoms with van der Waals surface area (Å²) in [7, 11) is 0. The van der Waals surface area contributed by atoms with Gasteiger partial charge in [0.25, 0.3) is 0 Å². The lowest BCUT2D eigenvalue weighted by Crippen LogP contribution is -2.51. The van der Waals surface area contributed by atoms with Crippen molar-refractivity contribution in [3.05, 3.63) is 57.8 Å². The average Bonchev–Trinajstić information content (AvgIpc) is 3.27. The highest BCUT2D eigenvalue weighted by Crippen LogP contribution is 2.38. The van der Waals surface area contributed by atoms with E-state index in [1.54, 1.807) is 28.1 Å². The third-order valence-corrected chi connectivity index (χ3v) is 7.34. The maximum Gasteiger partial charge on any atom is 0.226 e. The Morgan fingerprint density at radius 1 is 1.00 bits per heavy atom. The van der Waals surface area contributed by atoms with Gasteiger partial charge in [-0.3, -0.25) is 14.4 Å². The van der Waals surface area contributed by atoms with Gasteiger partial charge in [0.2, 0.25) is 17.7 Å². The number of benzene rings is 1. The van der Waals surface area contributed by atoms with E-state index in [9.17, 15) is 14.4 Å². The van der Waals surface area contributed by atoms with Gasteiger partial charge >= 0.3 is 0 Å². The van der Waals surface area contributed by atoms with E-state index in [1.807, 2.05) is 30.0 Å². The van der Waals surface area contributed by atoms with Gasteiger partial charge in [0, 0.05) is 56.9 Å². The molecule has 2 aromatic rings. The first-order valence-corrected chi connectivity index (χ1v) is 11.8. The number of carbonyl (C=O) groups excluding carboxylic acids is 3. The van der Waals surface area contributed by atoms with Crippen LogP contribution in [0.1, 0.15) is 42.3 Å². The Hall–Kier alpha value is -2.67. The number of hydrogen-bond acceptors (Lipinski definition) is 4. The fraction of sp³-hybridized carbons (Fsp3) is 0.458. The number of rotatable bonds is 4. The summed E-state index contributed by atoms with van der Waals surface area (Å²) in [6.45, 7) is 6.28. The third kappa shape index (κ3) is 4.51. The number of fused-ring (bicyclic) bond motifs is 1. The Morgan fingerprint density at radius 3 is 2.35 bits per heavy atom. The molecule has 0 N–H and O–H groups in total. The van der Waals surface area contributed by atoms with Gasteiger partial charge in [0.05, 0.1) is 6.04 Å². The lowest BCUT2D eigenvalue weighted by Gasteiger charge is -2.38. The Morgan fingerprint density at radius 2 is 1.68 bits per heavy atom. The number of nitrogens with zero attached hydrogens (tertiary/aromatic N) is 3. The van der Waals surface area contributed by atoms with E-state index in [-0.39, 0.29) is 36.1 Å². The minimum Gasteiger partial charge on any atom is -0.339 e. The van der Waals surface area contributed by atoms with Crippen molar-refractivity contribution in [1.82, 2.24) is 14.7 Å². The molecular formula is C24H29N3O3S. The van der Waals surface area contributed by atoms with Crippen LogP contribution in [0.5, 0.6) is 0 Å². The van der Waals surface area contributed by atoms with E-state index in [0.717, 1.165) is 12.0 Å². The van der Waals surface area contributed by atoms with Crippen molar-refractivity contribution < 1.29 is 14.4 Å². The van der Waals surface area contributed by atoms with Gasteiger partial charge in [-0.25, -0.2) is 0 Å². The van der Waals surface area contributed by atoms with Crippen LogP contribution in [0.15, 0.2) is 41.8 Å². The summed E-state index contributed by atoms with van der Waals surface area (Å²) in [5, 5.41) is 2.10. The molecule has 3 amide bonds. The van der Waals surface area contributed by atoms with E-state index in [2.05, 4.69) is 23.6 Å². The minimum atomic E-state index is -0.385. The maximum atomic E-state index is 13.5. The normalized spacial score (nSPS) is 19.7. The highest BCUT2D eigenvalue weighted by Gasteiger charge is 2.35. The lowest BCUT2D eigenvalue weighted by atomic mass is 9.91. The number of hydrogen-bond donors (Lipinski definition) is 0. The molecule has 0 radical (unpaired) electrons. The van der Waals surface area contributed by atoms with Crippen LogP contribution in [0.2, 0.25) is 0 Å². The summed E-state index contributed by atoms with van der Waals surface area (Å²) in [4.78, 5) is 44.7. The quantitative estimate of drug-likeness (QED) is 0.736. The van der Waals surface area contributed by atoms with Crippen molar-refractivity contribution in [2.75, 3.05) is 32.7 Å². The first-order chi connectivity index (χ1) is 15.0. The monoisotopic (exact) mass is 439 g/mol. The van der Waals surface area contributed by atoms with Crippen LogP contribution < -0.4 is 0 Å². The Balaban J connectivity index is 1.45. The van der Waals surface area contributed by atoms with E-state index in [0.29, 0.717) is 32.7 Å². The molecule has 7 heteroatoms. The smallest absolute Gasteiger partial charge is 0.226 e. The molecule has 2 aliphatic rings. The van der Waals surface area contributed by atoms with Crippen LogP contribution in [0.4, 0.5) is 0 Å². The molecule has 4 rings (SSSR count). The second kappa shape index (κ2) is 9.22. The molecule has 1 saturated heterocycles. The van der Waals surface area contributed by atoms with Crippen LogP contribution in [0, 0.1) is 5.92 Å². The molecule has 0 bridgehead atoms. The second-order valence-electron chi connectivity index (χ2n) is 8.39. The molecule has 0 saturated carbocycles. The summed E-state index contributed by atoms with van der Waals surface area (Å²) in [6.07, 6.45) is 1.06. The topological polar surface area (TPSA) is 60.9 Å². The van der Waals surface area contributed by atoms with Crippen molar-refractivity contribution in [3.8, 4) is 0 Å². The molecule has 0 spiro atoms. The van der Waals surface area contributed by atoms with Crippen LogP contribution in [-0.2, 0) is 20.8 Å². The predicted octanol–water partition coefficient (Wildman–Crippen LogP) is 2.94. The second-order valence-corrected chi connectivity index (χ2v) is 9.39. The van der Waals surface area contributed by atoms with Crippen LogP contribution >= 0.6 is 11.3 Å². The van der Waals surface area contributed by atoms with Gasteiger partial charge in [-0.15, -0.1) is 11.3 Å². The molecule has 3 heterocycles. The number of carbonyl (C=O) groups is 3. The van der Waals surface area contributed by atoms with Crippen molar-refractivity contribution in [2.45, 2.75) is 32.7 Å².